The van der Waals surface area contributed by atoms with Crippen molar-refractivity contribution in [2.75, 3.05) is 0 Å². The number of nitrogens with zero attached hydrogens (tertiary/aromatic N) is 3. The lowest BCUT2D eigenvalue weighted by Gasteiger charge is -2.26. The molecule has 0 bridgehead atoms. The molecule has 0 amide bonds. The molecule has 1 fully saturated rings. The highest BCUT2D eigenvalue weighted by Gasteiger charge is 2.20. The lowest BCUT2D eigenvalue weighted by molar-refractivity contribution is -0.0761. The number of ether oxygens (including phenoxy) is 1. The zero-order chi connectivity index (χ0) is 15.4. The van der Waals surface area contributed by atoms with Crippen LogP contribution in [-0.4, -0.2) is 21.1 Å². The first kappa shape index (κ1) is 15.2. The first-order valence-electron chi connectivity index (χ1n) is 8.40. The minimum Gasteiger partial charge on any atom is -0.353 e. The molecule has 1 aromatic heterocycles. The third kappa shape index (κ3) is 3.55. The quantitative estimate of drug-likeness (QED) is 0.815. The molecule has 22 heavy (non-hydrogen) atoms. The maximum Gasteiger partial charge on any atom is 0.152 e. The van der Waals surface area contributed by atoms with Crippen molar-refractivity contribution in [1.29, 1.82) is 0 Å². The number of hydrogen-bond acceptors (Lipinski definition) is 3. The number of hydrogen-bond donors (Lipinski definition) is 0. The Labute approximate surface area is 132 Å². The summed E-state index contributed by atoms with van der Waals surface area (Å²) in [6.07, 6.45) is 9.55. The summed E-state index contributed by atoms with van der Waals surface area (Å²) in [7, 11) is 0. The molecule has 0 aliphatic heterocycles. The summed E-state index contributed by atoms with van der Waals surface area (Å²) >= 11 is 0. The van der Waals surface area contributed by atoms with Gasteiger partial charge in [0.15, 0.2) is 6.23 Å². The van der Waals surface area contributed by atoms with Crippen LogP contribution in [0.25, 0.3) is 11.3 Å². The monoisotopic (exact) mass is 299 g/mol. The molecule has 4 heteroatoms. The third-order valence-electron chi connectivity index (χ3n) is 4.40. The van der Waals surface area contributed by atoms with E-state index in [1.165, 1.54) is 37.7 Å². The van der Waals surface area contributed by atoms with Crippen LogP contribution in [-0.2, 0) is 4.74 Å². The van der Waals surface area contributed by atoms with Gasteiger partial charge in [-0.05, 0) is 26.2 Å². The maximum absolute atomic E-state index is 6.26. The summed E-state index contributed by atoms with van der Waals surface area (Å²) in [5.74, 6) is 0. The van der Waals surface area contributed by atoms with E-state index in [1.54, 1.807) is 0 Å². The van der Waals surface area contributed by atoms with Gasteiger partial charge in [0.1, 0.15) is 5.69 Å². The smallest absolute Gasteiger partial charge is 0.152 e. The summed E-state index contributed by atoms with van der Waals surface area (Å²) in [5.41, 5.74) is 3.26. The van der Waals surface area contributed by atoms with Gasteiger partial charge in [-0.25, -0.2) is 4.68 Å². The standard InChI is InChI=1S/C18H25N3O/c1-3-18(22-16-7-5-4-6-8-16)21-13-17(19-20-21)15-11-9-14(2)10-12-15/h9-13,16,18H,3-8H2,1-2H3. The normalized spacial score (nSPS) is 17.5. The van der Waals surface area contributed by atoms with Gasteiger partial charge < -0.3 is 4.74 Å². The Hall–Kier alpha value is -1.68. The maximum atomic E-state index is 6.26. The third-order valence-corrected chi connectivity index (χ3v) is 4.40. The predicted octanol–water partition coefficient (Wildman–Crippen LogP) is 4.51. The van der Waals surface area contributed by atoms with Gasteiger partial charge in [0.05, 0.1) is 12.3 Å². The molecule has 1 aliphatic carbocycles. The minimum absolute atomic E-state index is 0.00482. The highest BCUT2D eigenvalue weighted by molar-refractivity contribution is 5.57. The van der Waals surface area contributed by atoms with E-state index in [9.17, 15) is 0 Å². The van der Waals surface area contributed by atoms with Crippen LogP contribution < -0.4 is 0 Å². The topological polar surface area (TPSA) is 39.9 Å². The van der Waals surface area contributed by atoms with E-state index in [0.29, 0.717) is 6.10 Å². The van der Waals surface area contributed by atoms with Crippen molar-refractivity contribution in [2.45, 2.75) is 64.7 Å². The fraction of sp³-hybridized carbons (Fsp3) is 0.556. The largest absolute Gasteiger partial charge is 0.353 e. The van der Waals surface area contributed by atoms with Gasteiger partial charge in [-0.1, -0.05) is 61.2 Å². The lowest BCUT2D eigenvalue weighted by atomic mass is 9.98. The van der Waals surface area contributed by atoms with E-state index in [1.807, 2.05) is 10.9 Å². The average molecular weight is 299 g/mol. The van der Waals surface area contributed by atoms with Crippen molar-refractivity contribution in [2.24, 2.45) is 0 Å². The number of aryl methyl sites for hydroxylation is 1. The first-order chi connectivity index (χ1) is 10.8. The van der Waals surface area contributed by atoms with Crippen molar-refractivity contribution >= 4 is 0 Å². The summed E-state index contributed by atoms with van der Waals surface area (Å²) in [5, 5.41) is 8.60. The van der Waals surface area contributed by atoms with Crippen molar-refractivity contribution in [3.05, 3.63) is 36.0 Å². The molecule has 1 aliphatic rings. The van der Waals surface area contributed by atoms with Crippen LogP contribution in [0.2, 0.25) is 0 Å². The molecule has 118 valence electrons. The SMILES string of the molecule is CCC(OC1CCCCC1)n1cc(-c2ccc(C)cc2)nn1. The second-order valence-corrected chi connectivity index (χ2v) is 6.21. The molecule has 2 aromatic rings. The number of benzene rings is 1. The van der Waals surface area contributed by atoms with Crippen molar-refractivity contribution in [1.82, 2.24) is 15.0 Å². The molecule has 1 saturated carbocycles. The Kier molecular flexibility index (Phi) is 4.88. The molecule has 0 spiro atoms. The second-order valence-electron chi connectivity index (χ2n) is 6.21. The van der Waals surface area contributed by atoms with Gasteiger partial charge in [0, 0.05) is 5.56 Å². The lowest BCUT2D eigenvalue weighted by Crippen LogP contribution is -2.23. The second kappa shape index (κ2) is 7.05. The summed E-state index contributed by atoms with van der Waals surface area (Å²) < 4.78 is 8.13. The Balaban J connectivity index is 1.71. The van der Waals surface area contributed by atoms with Gasteiger partial charge in [-0.2, -0.15) is 0 Å². The van der Waals surface area contributed by atoms with E-state index in [2.05, 4.69) is 48.4 Å². The highest BCUT2D eigenvalue weighted by atomic mass is 16.5. The fourth-order valence-electron chi connectivity index (χ4n) is 3.04. The first-order valence-corrected chi connectivity index (χ1v) is 8.40. The average Bonchev–Trinajstić information content (AvgIpc) is 3.04. The summed E-state index contributed by atoms with van der Waals surface area (Å²) in [6, 6.07) is 8.38. The number of rotatable bonds is 5. The predicted molar refractivity (Wildman–Crippen MR) is 87.5 cm³/mol. The zero-order valence-electron chi connectivity index (χ0n) is 13.5. The Morgan fingerprint density at radius 3 is 2.59 bits per heavy atom. The van der Waals surface area contributed by atoms with Crippen LogP contribution in [0, 0.1) is 6.92 Å². The van der Waals surface area contributed by atoms with Gasteiger partial charge in [-0.15, -0.1) is 5.10 Å². The van der Waals surface area contributed by atoms with Crippen LogP contribution in [0.15, 0.2) is 30.5 Å². The van der Waals surface area contributed by atoms with Gasteiger partial charge in [-0.3, -0.25) is 0 Å². The van der Waals surface area contributed by atoms with Crippen molar-refractivity contribution in [3.63, 3.8) is 0 Å². The molecule has 1 aromatic carbocycles. The highest BCUT2D eigenvalue weighted by Crippen LogP contribution is 2.26. The van der Waals surface area contributed by atoms with E-state index >= 15 is 0 Å². The summed E-state index contributed by atoms with van der Waals surface area (Å²) in [6.45, 7) is 4.23. The van der Waals surface area contributed by atoms with Crippen LogP contribution in [0.3, 0.4) is 0 Å². The molecule has 1 unspecified atom stereocenters. The van der Waals surface area contributed by atoms with Gasteiger partial charge in [0.25, 0.3) is 0 Å². The molecule has 0 N–H and O–H groups in total. The van der Waals surface area contributed by atoms with E-state index in [-0.39, 0.29) is 6.23 Å². The molecule has 0 saturated heterocycles. The van der Waals surface area contributed by atoms with Crippen LogP contribution >= 0.6 is 0 Å². The molecular formula is C18H25N3O. The molecule has 1 atom stereocenters. The van der Waals surface area contributed by atoms with Crippen molar-refractivity contribution < 1.29 is 4.74 Å². The Morgan fingerprint density at radius 1 is 1.18 bits per heavy atom. The molecular weight excluding hydrogens is 274 g/mol. The van der Waals surface area contributed by atoms with Crippen molar-refractivity contribution in [3.8, 4) is 11.3 Å². The molecule has 1 heterocycles. The summed E-state index contributed by atoms with van der Waals surface area (Å²) in [4.78, 5) is 0. The van der Waals surface area contributed by atoms with E-state index < -0.39 is 0 Å². The van der Waals surface area contributed by atoms with E-state index in [0.717, 1.165) is 17.7 Å². The Morgan fingerprint density at radius 2 is 1.91 bits per heavy atom. The fourth-order valence-corrected chi connectivity index (χ4v) is 3.04. The molecule has 3 rings (SSSR count). The van der Waals surface area contributed by atoms with E-state index in [4.69, 9.17) is 4.74 Å². The minimum atomic E-state index is -0.00482. The molecule has 4 nitrogen and oxygen atoms in total. The van der Waals surface area contributed by atoms with Gasteiger partial charge in [0.2, 0.25) is 0 Å². The van der Waals surface area contributed by atoms with Crippen LogP contribution in [0.4, 0.5) is 0 Å². The Bertz CT molecular complexity index is 585. The van der Waals surface area contributed by atoms with Gasteiger partial charge >= 0.3 is 0 Å². The number of aromatic nitrogens is 3. The van der Waals surface area contributed by atoms with Crippen LogP contribution in [0.1, 0.15) is 57.2 Å². The molecule has 0 radical (unpaired) electrons. The zero-order valence-corrected chi connectivity index (χ0v) is 13.5. The van der Waals surface area contributed by atoms with Crippen LogP contribution in [0.5, 0.6) is 0 Å².